The van der Waals surface area contributed by atoms with Crippen LogP contribution in [-0.2, 0) is 15.1 Å². The molecule has 1 aliphatic carbocycles. The van der Waals surface area contributed by atoms with Gasteiger partial charge in [-0.3, -0.25) is 9.59 Å². The summed E-state index contributed by atoms with van der Waals surface area (Å²) in [5.41, 5.74) is -0.128. The van der Waals surface area contributed by atoms with Crippen LogP contribution in [0.5, 0.6) is 0 Å². The average Bonchev–Trinajstić information content (AvgIpc) is 3.70. The van der Waals surface area contributed by atoms with Crippen LogP contribution >= 0.6 is 0 Å². The summed E-state index contributed by atoms with van der Waals surface area (Å²) in [6.45, 7) is -0.219. The summed E-state index contributed by atoms with van der Waals surface area (Å²) in [4.78, 5) is 39.3. The number of fused-ring (bicyclic) bond motifs is 1. The van der Waals surface area contributed by atoms with E-state index in [0.717, 1.165) is 22.8 Å². The fourth-order valence-corrected chi connectivity index (χ4v) is 4.51. The van der Waals surface area contributed by atoms with Crippen molar-refractivity contribution < 1.29 is 14.4 Å². The molecule has 4 N–H and O–H groups in total. The lowest BCUT2D eigenvalue weighted by Gasteiger charge is -2.34. The highest BCUT2D eigenvalue weighted by Crippen LogP contribution is 2.40. The molecule has 1 saturated carbocycles. The molecule has 0 saturated heterocycles. The molecular formula is C29H28N6O3. The second kappa shape index (κ2) is 11.9. The molecule has 1 fully saturated rings. The Morgan fingerprint density at radius 1 is 0.895 bits per heavy atom. The van der Waals surface area contributed by atoms with E-state index in [-0.39, 0.29) is 31.5 Å². The lowest BCUT2D eigenvalue weighted by Crippen LogP contribution is -2.63. The molecule has 9 heteroatoms. The number of rotatable bonds is 10. The highest BCUT2D eigenvalue weighted by molar-refractivity contribution is 5.95. The number of benzene rings is 3. The van der Waals surface area contributed by atoms with Gasteiger partial charge in [0.05, 0.1) is 25.1 Å². The van der Waals surface area contributed by atoms with Gasteiger partial charge in [-0.05, 0) is 34.4 Å². The molecule has 4 amide bonds. The normalized spacial score (nSPS) is 17.2. The van der Waals surface area contributed by atoms with Crippen LogP contribution in [0.1, 0.15) is 36.3 Å². The quantitative estimate of drug-likeness (QED) is 0.311. The van der Waals surface area contributed by atoms with E-state index in [1.807, 2.05) is 66.7 Å². The van der Waals surface area contributed by atoms with Gasteiger partial charge in [-0.25, -0.2) is 4.79 Å². The minimum atomic E-state index is -1.70. The first kappa shape index (κ1) is 26.2. The molecule has 3 unspecified atom stereocenters. The topological polar surface area (TPSA) is 147 Å². The third-order valence-electron chi connectivity index (χ3n) is 6.60. The number of urea groups is 1. The summed E-state index contributed by atoms with van der Waals surface area (Å²) in [5, 5.41) is 30.8. The first-order chi connectivity index (χ1) is 18.5. The molecule has 3 aromatic rings. The third-order valence-corrected chi connectivity index (χ3v) is 6.60. The Morgan fingerprint density at radius 2 is 1.63 bits per heavy atom. The number of nitrogens with zero attached hydrogens (tertiary/aromatic N) is 2. The number of hydrogen-bond acceptors (Lipinski definition) is 5. The number of hydrogen-bond donors (Lipinski definition) is 4. The van der Waals surface area contributed by atoms with Crippen LogP contribution < -0.4 is 21.3 Å². The molecule has 0 aliphatic heterocycles. The smallest absolute Gasteiger partial charge is 0.316 e. The fraction of sp³-hybridized carbons (Fsp3) is 0.276. The maximum atomic E-state index is 13.7. The van der Waals surface area contributed by atoms with Crippen molar-refractivity contribution in [2.75, 3.05) is 13.1 Å². The van der Waals surface area contributed by atoms with Crippen LogP contribution in [0.2, 0.25) is 0 Å². The monoisotopic (exact) mass is 508 g/mol. The van der Waals surface area contributed by atoms with Gasteiger partial charge in [-0.2, -0.15) is 10.5 Å². The molecule has 38 heavy (non-hydrogen) atoms. The molecule has 192 valence electrons. The van der Waals surface area contributed by atoms with Crippen molar-refractivity contribution in [3.8, 4) is 12.1 Å². The van der Waals surface area contributed by atoms with Crippen molar-refractivity contribution in [3.63, 3.8) is 0 Å². The Hall–Kier alpha value is -4.89. The van der Waals surface area contributed by atoms with E-state index in [1.165, 1.54) is 0 Å². The fourth-order valence-electron chi connectivity index (χ4n) is 4.51. The molecule has 3 atom stereocenters. The van der Waals surface area contributed by atoms with E-state index in [0.29, 0.717) is 5.56 Å². The van der Waals surface area contributed by atoms with E-state index >= 15 is 0 Å². The number of amides is 4. The molecule has 0 aromatic heterocycles. The second-order valence-corrected chi connectivity index (χ2v) is 9.20. The van der Waals surface area contributed by atoms with Crippen LogP contribution in [-0.4, -0.2) is 37.0 Å². The zero-order valence-corrected chi connectivity index (χ0v) is 20.7. The van der Waals surface area contributed by atoms with E-state index in [1.54, 1.807) is 18.2 Å². The molecule has 0 spiro atoms. The van der Waals surface area contributed by atoms with Crippen LogP contribution in [0.15, 0.2) is 72.8 Å². The standard InChI is InChI=1S/C29H28N6O3/c30-14-6-16-32-27(37)29(19-33-26(36)13-15-31,23-12-11-20-7-4-5-10-22(20)17-23)35-28(38)34-25-18-24(25)21-8-2-1-3-9-21/h1-5,7-12,17,24-25H,6,13,16,18-19H2,(H,32,37)(H,33,36)(H2,34,35,38). The van der Waals surface area contributed by atoms with E-state index in [2.05, 4.69) is 21.3 Å². The van der Waals surface area contributed by atoms with Gasteiger partial charge in [0.2, 0.25) is 5.91 Å². The van der Waals surface area contributed by atoms with Crippen LogP contribution in [0, 0.1) is 22.7 Å². The molecule has 1 aliphatic rings. The maximum Gasteiger partial charge on any atom is 0.316 e. The first-order valence-corrected chi connectivity index (χ1v) is 12.4. The highest BCUT2D eigenvalue weighted by atomic mass is 16.2. The summed E-state index contributed by atoms with van der Waals surface area (Å²) in [5.74, 6) is -0.973. The lowest BCUT2D eigenvalue weighted by molar-refractivity contribution is -0.128. The minimum absolute atomic E-state index is 0.0683. The number of nitrogens with one attached hydrogen (secondary N) is 4. The van der Waals surface area contributed by atoms with Crippen LogP contribution in [0.4, 0.5) is 4.79 Å². The van der Waals surface area contributed by atoms with Crippen LogP contribution in [0.25, 0.3) is 10.8 Å². The van der Waals surface area contributed by atoms with Gasteiger partial charge in [0.1, 0.15) is 6.42 Å². The number of carbonyl (C=O) groups excluding carboxylic acids is 3. The average molecular weight is 509 g/mol. The van der Waals surface area contributed by atoms with Gasteiger partial charge >= 0.3 is 6.03 Å². The third kappa shape index (κ3) is 6.08. The zero-order chi connectivity index (χ0) is 27.0. The lowest BCUT2D eigenvalue weighted by atomic mass is 9.86. The van der Waals surface area contributed by atoms with Gasteiger partial charge in [-0.15, -0.1) is 0 Å². The number of carbonyl (C=O) groups is 3. The second-order valence-electron chi connectivity index (χ2n) is 9.20. The van der Waals surface area contributed by atoms with Crippen molar-refractivity contribution >= 4 is 28.6 Å². The van der Waals surface area contributed by atoms with Crippen molar-refractivity contribution in [2.45, 2.75) is 36.8 Å². The summed E-state index contributed by atoms with van der Waals surface area (Å²) < 4.78 is 0. The molecule has 0 radical (unpaired) electrons. The minimum Gasteiger partial charge on any atom is -0.353 e. The molecule has 3 aromatic carbocycles. The largest absolute Gasteiger partial charge is 0.353 e. The van der Waals surface area contributed by atoms with E-state index in [4.69, 9.17) is 10.5 Å². The van der Waals surface area contributed by atoms with E-state index < -0.39 is 29.8 Å². The molecule has 0 heterocycles. The Labute approximate surface area is 220 Å². The Bertz CT molecular complexity index is 1410. The van der Waals surface area contributed by atoms with Gasteiger partial charge in [0.25, 0.3) is 5.91 Å². The number of nitriles is 2. The maximum absolute atomic E-state index is 13.7. The van der Waals surface area contributed by atoms with Crippen LogP contribution in [0.3, 0.4) is 0 Å². The van der Waals surface area contributed by atoms with Crippen molar-refractivity contribution in [1.29, 1.82) is 10.5 Å². The predicted molar refractivity (Wildman–Crippen MR) is 141 cm³/mol. The summed E-state index contributed by atoms with van der Waals surface area (Å²) in [6, 6.07) is 25.9. The Kier molecular flexibility index (Phi) is 8.20. The summed E-state index contributed by atoms with van der Waals surface area (Å²) >= 11 is 0. The molecular weight excluding hydrogens is 480 g/mol. The van der Waals surface area contributed by atoms with Crippen molar-refractivity contribution in [2.24, 2.45) is 0 Å². The molecule has 4 rings (SSSR count). The highest BCUT2D eigenvalue weighted by Gasteiger charge is 2.45. The summed E-state index contributed by atoms with van der Waals surface area (Å²) in [7, 11) is 0. The Morgan fingerprint density at radius 3 is 2.37 bits per heavy atom. The van der Waals surface area contributed by atoms with Crippen molar-refractivity contribution in [1.82, 2.24) is 21.3 Å². The van der Waals surface area contributed by atoms with Gasteiger partial charge in [-0.1, -0.05) is 66.7 Å². The molecule has 0 bridgehead atoms. The van der Waals surface area contributed by atoms with Gasteiger partial charge < -0.3 is 21.3 Å². The predicted octanol–water partition coefficient (Wildman–Crippen LogP) is 2.95. The van der Waals surface area contributed by atoms with Gasteiger partial charge in [0, 0.05) is 18.5 Å². The molecule has 9 nitrogen and oxygen atoms in total. The zero-order valence-electron chi connectivity index (χ0n) is 20.7. The van der Waals surface area contributed by atoms with E-state index in [9.17, 15) is 14.4 Å². The summed E-state index contributed by atoms with van der Waals surface area (Å²) in [6.07, 6.45) is 0.456. The first-order valence-electron chi connectivity index (χ1n) is 12.4. The van der Waals surface area contributed by atoms with Crippen molar-refractivity contribution in [3.05, 3.63) is 83.9 Å². The van der Waals surface area contributed by atoms with Gasteiger partial charge in [0.15, 0.2) is 5.54 Å². The Balaban J connectivity index is 1.65. The SMILES string of the molecule is N#CCCNC(=O)C(CNC(=O)CC#N)(NC(=O)NC1CC1c1ccccc1)c1ccc2ccccc2c1.